The Morgan fingerprint density at radius 1 is 1.50 bits per heavy atom. The molecule has 1 aromatic heterocycles. The lowest BCUT2D eigenvalue weighted by Crippen LogP contribution is -2.53. The Bertz CT molecular complexity index is 579. The third-order valence-corrected chi connectivity index (χ3v) is 4.11. The van der Waals surface area contributed by atoms with E-state index in [1.165, 1.54) is 4.90 Å². The number of nitrogens with one attached hydrogen (secondary N) is 1. The number of rotatable bonds is 4. The topological polar surface area (TPSA) is 99.5 Å². The first-order valence-electron chi connectivity index (χ1n) is 6.95. The summed E-state index contributed by atoms with van der Waals surface area (Å²) >= 11 is 0. The molecule has 3 heterocycles. The molecule has 2 aliphatic rings. The van der Waals surface area contributed by atoms with Crippen molar-refractivity contribution >= 4 is 5.91 Å². The van der Waals surface area contributed by atoms with E-state index in [0.29, 0.717) is 12.8 Å². The molecule has 2 unspecified atom stereocenters. The van der Waals surface area contributed by atoms with Crippen molar-refractivity contribution in [2.24, 2.45) is 10.2 Å². The predicted molar refractivity (Wildman–Crippen MR) is 65.6 cm³/mol. The Morgan fingerprint density at radius 3 is 2.73 bits per heavy atom. The third kappa shape index (κ3) is 2.15. The minimum absolute atomic E-state index is 0.184. The molecule has 1 aromatic rings. The lowest BCUT2D eigenvalue weighted by Gasteiger charge is -2.31. The Balaban J connectivity index is 1.83. The summed E-state index contributed by atoms with van der Waals surface area (Å²) in [6.07, 6.45) is -3.51. The average Bonchev–Trinajstić information content (AvgIpc) is 2.90. The van der Waals surface area contributed by atoms with Gasteiger partial charge in [-0.05, 0) is 19.3 Å². The first kappa shape index (κ1) is 14.9. The normalized spacial score (nSPS) is 24.5. The molecule has 0 aromatic carbocycles. The van der Waals surface area contributed by atoms with Gasteiger partial charge in [-0.1, -0.05) is 12.1 Å². The summed E-state index contributed by atoms with van der Waals surface area (Å²) in [6.45, 7) is 2.00. The zero-order valence-corrected chi connectivity index (χ0v) is 11.7. The molecule has 1 amide bonds. The quantitative estimate of drug-likeness (QED) is 0.907. The molecule has 1 fully saturated rings. The molecule has 0 saturated carbocycles. The van der Waals surface area contributed by atoms with Crippen molar-refractivity contribution in [2.45, 2.75) is 50.0 Å². The lowest BCUT2D eigenvalue weighted by molar-refractivity contribution is -0.179. The van der Waals surface area contributed by atoms with E-state index in [1.54, 1.807) is 6.92 Å². The van der Waals surface area contributed by atoms with Crippen molar-refractivity contribution in [1.29, 1.82) is 0 Å². The van der Waals surface area contributed by atoms with E-state index in [2.05, 4.69) is 30.9 Å². The molecule has 120 valence electrons. The van der Waals surface area contributed by atoms with Crippen molar-refractivity contribution in [3.05, 3.63) is 5.82 Å². The summed E-state index contributed by atoms with van der Waals surface area (Å²) in [4.78, 5) is 13.9. The SMILES string of the molecule is CCC(C(=O)N1CCCC1C1(C(F)(F)F)N=N1)c1nn[nH]n1. The minimum Gasteiger partial charge on any atom is -0.334 e. The van der Waals surface area contributed by atoms with Crippen LogP contribution in [0.5, 0.6) is 0 Å². The minimum atomic E-state index is -4.59. The summed E-state index contributed by atoms with van der Waals surface area (Å²) in [7, 11) is 0. The molecule has 3 rings (SSSR count). The summed E-state index contributed by atoms with van der Waals surface area (Å²) in [6, 6.07) is -1.08. The number of alkyl halides is 3. The molecule has 0 bridgehead atoms. The fourth-order valence-corrected chi connectivity index (χ4v) is 2.92. The second-order valence-electron chi connectivity index (χ2n) is 5.34. The summed E-state index contributed by atoms with van der Waals surface area (Å²) in [5.41, 5.74) is -2.45. The highest BCUT2D eigenvalue weighted by molar-refractivity contribution is 5.83. The maximum Gasteiger partial charge on any atom is 0.439 e. The number of aromatic amines is 1. The van der Waals surface area contributed by atoms with Gasteiger partial charge in [0.15, 0.2) is 5.82 Å². The molecular formula is C11H14F3N7O. The van der Waals surface area contributed by atoms with Gasteiger partial charge in [-0.25, -0.2) is 0 Å². The molecule has 1 N–H and O–H groups in total. The van der Waals surface area contributed by atoms with Crippen LogP contribution in [0.2, 0.25) is 0 Å². The monoisotopic (exact) mass is 317 g/mol. The molecule has 1 saturated heterocycles. The fourth-order valence-electron chi connectivity index (χ4n) is 2.92. The Hall–Kier alpha value is -2.07. The molecular weight excluding hydrogens is 303 g/mol. The van der Waals surface area contributed by atoms with Crippen molar-refractivity contribution in [1.82, 2.24) is 25.5 Å². The molecule has 0 radical (unpaired) electrons. The average molecular weight is 317 g/mol. The lowest BCUT2D eigenvalue weighted by atomic mass is 9.98. The van der Waals surface area contributed by atoms with Gasteiger partial charge in [0.2, 0.25) is 5.91 Å². The van der Waals surface area contributed by atoms with E-state index in [1.807, 2.05) is 0 Å². The van der Waals surface area contributed by atoms with Crippen LogP contribution in [0.4, 0.5) is 13.2 Å². The first-order valence-corrected chi connectivity index (χ1v) is 6.95. The summed E-state index contributed by atoms with van der Waals surface area (Å²) in [5.74, 6) is -0.973. The van der Waals surface area contributed by atoms with Crippen LogP contribution in [0.3, 0.4) is 0 Å². The molecule has 0 spiro atoms. The molecule has 2 atom stereocenters. The number of halogens is 3. The van der Waals surface area contributed by atoms with E-state index in [4.69, 9.17) is 0 Å². The number of carbonyl (C=O) groups is 1. The zero-order valence-electron chi connectivity index (χ0n) is 11.7. The highest BCUT2D eigenvalue weighted by Gasteiger charge is 2.70. The van der Waals surface area contributed by atoms with Crippen molar-refractivity contribution in [3.8, 4) is 0 Å². The summed E-state index contributed by atoms with van der Waals surface area (Å²) in [5, 5.41) is 19.6. The number of hydrogen-bond donors (Lipinski definition) is 1. The van der Waals surface area contributed by atoms with Gasteiger partial charge in [-0.3, -0.25) is 4.79 Å². The number of aromatic nitrogens is 4. The largest absolute Gasteiger partial charge is 0.439 e. The van der Waals surface area contributed by atoms with Gasteiger partial charge in [0.05, 0.1) is 6.04 Å². The van der Waals surface area contributed by atoms with Crippen LogP contribution >= 0.6 is 0 Å². The summed E-state index contributed by atoms with van der Waals surface area (Å²) < 4.78 is 39.5. The van der Waals surface area contributed by atoms with Gasteiger partial charge in [-0.15, -0.1) is 20.4 Å². The molecule has 22 heavy (non-hydrogen) atoms. The van der Waals surface area contributed by atoms with Crippen LogP contribution in [0.1, 0.15) is 37.9 Å². The van der Waals surface area contributed by atoms with Crippen molar-refractivity contribution in [2.75, 3.05) is 6.54 Å². The fraction of sp³-hybridized carbons (Fsp3) is 0.818. The highest BCUT2D eigenvalue weighted by Crippen LogP contribution is 2.51. The van der Waals surface area contributed by atoms with Crippen LogP contribution in [0, 0.1) is 0 Å². The maximum absolute atomic E-state index is 13.2. The third-order valence-electron chi connectivity index (χ3n) is 4.11. The van der Waals surface area contributed by atoms with Gasteiger partial charge >= 0.3 is 11.8 Å². The molecule has 0 aliphatic carbocycles. The van der Waals surface area contributed by atoms with E-state index in [-0.39, 0.29) is 18.8 Å². The standard InChI is InChI=1S/C11H14F3N7O/c1-2-6(8-15-19-20-16-8)9(22)21-5-3-4-7(21)10(17-18-10)11(12,13)14/h6-7H,2-5H2,1H3,(H,15,16,19,20). The maximum atomic E-state index is 13.2. The number of likely N-dealkylation sites (tertiary alicyclic amines) is 1. The van der Waals surface area contributed by atoms with Crippen LogP contribution in [0.15, 0.2) is 10.2 Å². The zero-order chi connectivity index (χ0) is 16.0. The van der Waals surface area contributed by atoms with Gasteiger partial charge in [0, 0.05) is 6.54 Å². The Labute approximate surface area is 123 Å². The number of amides is 1. The molecule has 11 heteroatoms. The highest BCUT2D eigenvalue weighted by atomic mass is 19.4. The van der Waals surface area contributed by atoms with Gasteiger partial charge in [0.1, 0.15) is 5.92 Å². The van der Waals surface area contributed by atoms with Gasteiger partial charge < -0.3 is 4.90 Å². The van der Waals surface area contributed by atoms with Crippen molar-refractivity contribution in [3.63, 3.8) is 0 Å². The number of H-pyrrole nitrogens is 1. The number of nitrogens with zero attached hydrogens (tertiary/aromatic N) is 6. The second-order valence-corrected chi connectivity index (χ2v) is 5.34. The van der Waals surface area contributed by atoms with E-state index in [0.717, 1.165) is 0 Å². The molecule has 8 nitrogen and oxygen atoms in total. The van der Waals surface area contributed by atoms with E-state index >= 15 is 0 Å². The molecule has 2 aliphatic heterocycles. The smallest absolute Gasteiger partial charge is 0.334 e. The second kappa shape index (κ2) is 4.99. The Kier molecular flexibility index (Phi) is 3.37. The predicted octanol–water partition coefficient (Wildman–Crippen LogP) is 1.41. The van der Waals surface area contributed by atoms with Crippen LogP contribution in [0.25, 0.3) is 0 Å². The Morgan fingerprint density at radius 2 is 2.23 bits per heavy atom. The van der Waals surface area contributed by atoms with Crippen LogP contribution < -0.4 is 0 Å². The van der Waals surface area contributed by atoms with Crippen molar-refractivity contribution < 1.29 is 18.0 Å². The first-order chi connectivity index (χ1) is 10.4. The number of hydrogen-bond acceptors (Lipinski definition) is 6. The van der Waals surface area contributed by atoms with Crippen LogP contribution in [-0.4, -0.2) is 55.9 Å². The number of tetrazole rings is 1. The van der Waals surface area contributed by atoms with Crippen LogP contribution in [-0.2, 0) is 4.79 Å². The van der Waals surface area contributed by atoms with Gasteiger partial charge in [0.25, 0.3) is 0 Å². The van der Waals surface area contributed by atoms with Gasteiger partial charge in [-0.2, -0.15) is 18.4 Å². The van der Waals surface area contributed by atoms with E-state index < -0.39 is 29.7 Å². The number of carbonyl (C=O) groups excluding carboxylic acids is 1. The van der Waals surface area contributed by atoms with E-state index in [9.17, 15) is 18.0 Å².